The molecule has 0 aromatic carbocycles. The smallest absolute Gasteiger partial charge is 0.284 e. The van der Waals surface area contributed by atoms with Crippen LogP contribution in [-0.4, -0.2) is 51.8 Å². The summed E-state index contributed by atoms with van der Waals surface area (Å²) >= 11 is 1.27. The summed E-state index contributed by atoms with van der Waals surface area (Å²) in [6, 6.07) is 0. The Morgan fingerprint density at radius 3 is 3.06 bits per heavy atom. The molecule has 1 aliphatic heterocycles. The molecule has 2 heterocycles. The highest BCUT2D eigenvalue weighted by molar-refractivity contribution is 7.17. The van der Waals surface area contributed by atoms with Crippen LogP contribution < -0.4 is 5.32 Å². The number of nitrogens with zero attached hydrogens (tertiary/aromatic N) is 3. The van der Waals surface area contributed by atoms with Crippen molar-refractivity contribution in [3.8, 4) is 0 Å². The molecule has 1 aliphatic rings. The second-order valence-electron chi connectivity index (χ2n) is 4.53. The molecule has 0 bridgehead atoms. The monoisotopic (exact) mass is 270 g/mol. The largest absolute Gasteiger partial charge is 0.393 e. The maximum atomic E-state index is 12.2. The van der Waals surface area contributed by atoms with Crippen molar-refractivity contribution >= 4 is 22.4 Å². The molecule has 0 saturated carbocycles. The third-order valence-electron chi connectivity index (χ3n) is 3.08. The lowest BCUT2D eigenvalue weighted by Gasteiger charge is -2.33. The lowest BCUT2D eigenvalue weighted by Crippen LogP contribution is -2.44. The van der Waals surface area contributed by atoms with Crippen LogP contribution in [0.1, 0.15) is 30.1 Å². The molecule has 2 rings (SSSR count). The third kappa shape index (κ3) is 2.78. The van der Waals surface area contributed by atoms with Crippen LogP contribution in [0.25, 0.3) is 0 Å². The summed E-state index contributed by atoms with van der Waals surface area (Å²) < 4.78 is 0. The number of aromatic nitrogens is 2. The van der Waals surface area contributed by atoms with E-state index in [9.17, 15) is 9.90 Å². The number of nitrogens with one attached hydrogen (secondary N) is 1. The zero-order valence-corrected chi connectivity index (χ0v) is 11.4. The van der Waals surface area contributed by atoms with Crippen molar-refractivity contribution in [3.05, 3.63) is 5.01 Å². The van der Waals surface area contributed by atoms with Gasteiger partial charge in [-0.2, -0.15) is 0 Å². The first-order chi connectivity index (χ1) is 8.61. The van der Waals surface area contributed by atoms with Crippen LogP contribution in [0.2, 0.25) is 0 Å². The Kier molecular flexibility index (Phi) is 4.13. The highest BCUT2D eigenvalue weighted by Gasteiger charge is 2.29. The van der Waals surface area contributed by atoms with Gasteiger partial charge in [0.1, 0.15) is 0 Å². The number of amides is 1. The van der Waals surface area contributed by atoms with Crippen LogP contribution in [0, 0.1) is 5.92 Å². The number of aliphatic hydroxyl groups is 1. The van der Waals surface area contributed by atoms with Crippen molar-refractivity contribution in [3.63, 3.8) is 0 Å². The highest BCUT2D eigenvalue weighted by Crippen LogP contribution is 2.21. The second kappa shape index (κ2) is 5.62. The Morgan fingerprint density at radius 2 is 2.39 bits per heavy atom. The molecule has 1 amide bonds. The number of carbonyl (C=O) groups is 1. The Balaban J connectivity index is 2.02. The first-order valence-corrected chi connectivity index (χ1v) is 6.98. The van der Waals surface area contributed by atoms with Crippen molar-refractivity contribution in [2.75, 3.05) is 25.0 Å². The molecule has 1 fully saturated rings. The highest BCUT2D eigenvalue weighted by atomic mass is 32.1. The fraction of sp³-hybridized carbons (Fsp3) is 0.727. The summed E-state index contributed by atoms with van der Waals surface area (Å²) in [5.74, 6) is 0.0271. The molecular formula is C11H18N4O2S. The maximum Gasteiger partial charge on any atom is 0.284 e. The van der Waals surface area contributed by atoms with Gasteiger partial charge in [-0.3, -0.25) is 4.79 Å². The number of hydrogen-bond donors (Lipinski definition) is 2. The van der Waals surface area contributed by atoms with Crippen molar-refractivity contribution in [1.29, 1.82) is 0 Å². The van der Waals surface area contributed by atoms with Crippen LogP contribution in [0.3, 0.4) is 0 Å². The fourth-order valence-electron chi connectivity index (χ4n) is 1.99. The molecule has 2 atom stereocenters. The van der Waals surface area contributed by atoms with Crippen molar-refractivity contribution in [2.24, 2.45) is 5.92 Å². The molecule has 2 N–H and O–H groups in total. The average molecular weight is 270 g/mol. The third-order valence-corrected chi connectivity index (χ3v) is 3.95. The summed E-state index contributed by atoms with van der Waals surface area (Å²) in [6.45, 7) is 5.84. The van der Waals surface area contributed by atoms with Crippen molar-refractivity contribution < 1.29 is 9.90 Å². The van der Waals surface area contributed by atoms with E-state index < -0.39 is 0 Å². The van der Waals surface area contributed by atoms with Crippen LogP contribution in [-0.2, 0) is 0 Å². The van der Waals surface area contributed by atoms with Crippen LogP contribution in [0.15, 0.2) is 0 Å². The Bertz CT molecular complexity index is 423. The van der Waals surface area contributed by atoms with E-state index in [2.05, 4.69) is 15.5 Å². The molecule has 0 spiro atoms. The molecule has 1 aromatic heterocycles. The average Bonchev–Trinajstić information content (AvgIpc) is 2.81. The minimum atomic E-state index is -0.305. The number of carbonyl (C=O) groups excluding carboxylic acids is 1. The van der Waals surface area contributed by atoms with Gasteiger partial charge in [-0.1, -0.05) is 18.3 Å². The molecule has 0 aliphatic carbocycles. The number of rotatable bonds is 3. The van der Waals surface area contributed by atoms with Crippen LogP contribution in [0.5, 0.6) is 0 Å². The van der Waals surface area contributed by atoms with Crippen molar-refractivity contribution in [2.45, 2.75) is 26.4 Å². The van der Waals surface area contributed by atoms with E-state index in [1.165, 1.54) is 11.3 Å². The quantitative estimate of drug-likeness (QED) is 0.850. The first kappa shape index (κ1) is 13.2. The second-order valence-corrected chi connectivity index (χ2v) is 5.50. The Hall–Kier alpha value is -1.21. The van der Waals surface area contributed by atoms with Gasteiger partial charge in [-0.05, 0) is 19.3 Å². The SMILES string of the molecule is CCNc1nnc(C(=O)N2CCC(O)C(C)C2)s1. The van der Waals surface area contributed by atoms with E-state index in [1.54, 1.807) is 4.90 Å². The lowest BCUT2D eigenvalue weighted by molar-refractivity contribution is 0.0297. The van der Waals surface area contributed by atoms with Gasteiger partial charge in [0.2, 0.25) is 10.1 Å². The Labute approximate surface area is 110 Å². The molecule has 18 heavy (non-hydrogen) atoms. The van der Waals surface area contributed by atoms with Gasteiger partial charge in [0.15, 0.2) is 0 Å². The van der Waals surface area contributed by atoms with Gasteiger partial charge in [-0.15, -0.1) is 10.2 Å². The molecule has 6 nitrogen and oxygen atoms in total. The number of piperidine rings is 1. The van der Waals surface area contributed by atoms with Crippen LogP contribution >= 0.6 is 11.3 Å². The molecule has 2 unspecified atom stereocenters. The summed E-state index contributed by atoms with van der Waals surface area (Å²) in [4.78, 5) is 13.9. The number of hydrogen-bond acceptors (Lipinski definition) is 6. The molecule has 1 saturated heterocycles. The predicted molar refractivity (Wildman–Crippen MR) is 69.8 cm³/mol. The van der Waals surface area contributed by atoms with Gasteiger partial charge < -0.3 is 15.3 Å². The standard InChI is InChI=1S/C11H18N4O2S/c1-3-12-11-14-13-9(18-11)10(17)15-5-4-8(16)7(2)6-15/h7-8,16H,3-6H2,1-2H3,(H,12,14). The normalized spacial score (nSPS) is 24.1. The maximum absolute atomic E-state index is 12.2. The van der Waals surface area contributed by atoms with E-state index >= 15 is 0 Å². The number of likely N-dealkylation sites (tertiary alicyclic amines) is 1. The summed E-state index contributed by atoms with van der Waals surface area (Å²) in [7, 11) is 0. The topological polar surface area (TPSA) is 78.4 Å². The number of anilines is 1. The van der Waals surface area contributed by atoms with Gasteiger partial charge in [-0.25, -0.2) is 0 Å². The van der Waals surface area contributed by atoms with E-state index in [0.717, 1.165) is 6.54 Å². The van der Waals surface area contributed by atoms with Gasteiger partial charge in [0.25, 0.3) is 5.91 Å². The van der Waals surface area contributed by atoms with E-state index in [-0.39, 0.29) is 17.9 Å². The summed E-state index contributed by atoms with van der Waals surface area (Å²) in [6.07, 6.45) is 0.326. The molecule has 1 aromatic rings. The Morgan fingerprint density at radius 1 is 1.61 bits per heavy atom. The predicted octanol–water partition coefficient (Wildman–Crippen LogP) is 0.813. The van der Waals surface area contributed by atoms with Gasteiger partial charge >= 0.3 is 0 Å². The summed E-state index contributed by atoms with van der Waals surface area (Å²) in [5, 5.41) is 21.6. The molecule has 100 valence electrons. The number of aliphatic hydroxyl groups excluding tert-OH is 1. The molecule has 0 radical (unpaired) electrons. The van der Waals surface area contributed by atoms with Crippen LogP contribution in [0.4, 0.5) is 5.13 Å². The molecular weight excluding hydrogens is 252 g/mol. The lowest BCUT2D eigenvalue weighted by atomic mass is 9.97. The first-order valence-electron chi connectivity index (χ1n) is 6.16. The van der Waals surface area contributed by atoms with E-state index in [0.29, 0.717) is 29.6 Å². The zero-order valence-electron chi connectivity index (χ0n) is 10.6. The van der Waals surface area contributed by atoms with E-state index in [1.807, 2.05) is 13.8 Å². The van der Waals surface area contributed by atoms with Crippen molar-refractivity contribution in [1.82, 2.24) is 15.1 Å². The van der Waals surface area contributed by atoms with E-state index in [4.69, 9.17) is 0 Å². The fourth-order valence-corrected chi connectivity index (χ4v) is 2.76. The minimum absolute atomic E-state index is 0.0876. The minimum Gasteiger partial charge on any atom is -0.393 e. The van der Waals surface area contributed by atoms with Gasteiger partial charge in [0, 0.05) is 19.6 Å². The zero-order chi connectivity index (χ0) is 13.1. The molecule has 7 heteroatoms. The summed E-state index contributed by atoms with van der Waals surface area (Å²) in [5.41, 5.74) is 0. The van der Waals surface area contributed by atoms with Gasteiger partial charge in [0.05, 0.1) is 6.10 Å².